The molecule has 204 valence electrons. The molecule has 12 heteroatoms. The Balaban J connectivity index is 1.26. The number of ether oxygens (including phenoxy) is 1. The van der Waals surface area contributed by atoms with E-state index in [-0.39, 0.29) is 11.7 Å². The quantitative estimate of drug-likeness (QED) is 0.326. The van der Waals surface area contributed by atoms with Crippen LogP contribution in [0, 0.1) is 6.92 Å². The number of amides is 1. The molecule has 0 bridgehead atoms. The van der Waals surface area contributed by atoms with Crippen LogP contribution >= 0.6 is 23.2 Å². The first-order valence-corrected chi connectivity index (χ1v) is 12.8. The topological polar surface area (TPSA) is 70.8 Å². The molecule has 1 amide bonds. The summed E-state index contributed by atoms with van der Waals surface area (Å²) in [5.74, 6) is 0.265. The summed E-state index contributed by atoms with van der Waals surface area (Å²) >= 11 is 12.6. The number of aromatic nitrogens is 1. The summed E-state index contributed by atoms with van der Waals surface area (Å²) in [5.41, 5.74) is 1.69. The Morgan fingerprint density at radius 1 is 1.08 bits per heavy atom. The maximum atomic E-state index is 12.9. The van der Waals surface area contributed by atoms with Gasteiger partial charge in [0.15, 0.2) is 6.61 Å². The van der Waals surface area contributed by atoms with Gasteiger partial charge in [0.1, 0.15) is 22.8 Å². The number of benzene rings is 2. The van der Waals surface area contributed by atoms with Crippen molar-refractivity contribution in [2.45, 2.75) is 19.5 Å². The molecule has 2 heterocycles. The monoisotopic (exact) mass is 570 g/mol. The van der Waals surface area contributed by atoms with E-state index in [9.17, 15) is 18.0 Å². The average Bonchev–Trinajstić information content (AvgIpc) is 3.26. The molecule has 0 aliphatic carbocycles. The van der Waals surface area contributed by atoms with E-state index in [2.05, 4.69) is 15.4 Å². The van der Waals surface area contributed by atoms with Crippen LogP contribution < -0.4 is 15.0 Å². The van der Waals surface area contributed by atoms with Crippen molar-refractivity contribution in [1.29, 1.82) is 0 Å². The molecule has 1 saturated heterocycles. The Hall–Kier alpha value is -2.95. The number of hydrogen-bond donors (Lipinski definition) is 1. The first kappa shape index (κ1) is 28.1. The second kappa shape index (κ2) is 12.3. The molecule has 7 nitrogen and oxygen atoms in total. The molecule has 1 aromatic heterocycles. The number of para-hydroxylation sites is 2. The minimum atomic E-state index is -4.39. The van der Waals surface area contributed by atoms with Gasteiger partial charge < -0.3 is 19.5 Å². The molecule has 4 rings (SSSR count). The van der Waals surface area contributed by atoms with Crippen molar-refractivity contribution in [3.63, 3.8) is 0 Å². The van der Waals surface area contributed by atoms with Crippen LogP contribution in [0.25, 0.3) is 11.3 Å². The maximum absolute atomic E-state index is 12.9. The third kappa shape index (κ3) is 6.92. The fraction of sp³-hybridized carbons (Fsp3) is 0.385. The van der Waals surface area contributed by atoms with E-state index in [4.69, 9.17) is 32.5 Å². The standard InChI is InChI=1S/C26H27Cl2F3N4O3/c1-17-22(24(33-38-17)23-18(27)6-4-7-19(23)28)25(36)32-10-5-11-34-12-14-35(15-13-34)20-8-2-3-9-21(20)37-16-26(29,30)31/h2-4,6-9H,5,10-16H2,1H3,(H,32,36). The van der Waals surface area contributed by atoms with Crippen LogP contribution in [0.4, 0.5) is 18.9 Å². The second-order valence-corrected chi connectivity index (χ2v) is 9.68. The van der Waals surface area contributed by atoms with Crippen LogP contribution in [0.15, 0.2) is 47.0 Å². The summed E-state index contributed by atoms with van der Waals surface area (Å²) in [4.78, 5) is 17.2. The number of alkyl halides is 3. The van der Waals surface area contributed by atoms with E-state index >= 15 is 0 Å². The van der Waals surface area contributed by atoms with Gasteiger partial charge in [-0.25, -0.2) is 0 Å². The van der Waals surface area contributed by atoms with E-state index in [0.29, 0.717) is 64.4 Å². The summed E-state index contributed by atoms with van der Waals surface area (Å²) in [6, 6.07) is 11.8. The number of aryl methyl sites for hydroxylation is 1. The Morgan fingerprint density at radius 2 is 1.76 bits per heavy atom. The molecule has 3 aromatic rings. The second-order valence-electron chi connectivity index (χ2n) is 8.87. The highest BCUT2D eigenvalue weighted by Crippen LogP contribution is 2.36. The van der Waals surface area contributed by atoms with E-state index in [1.165, 1.54) is 0 Å². The van der Waals surface area contributed by atoms with Gasteiger partial charge in [-0.15, -0.1) is 0 Å². The van der Waals surface area contributed by atoms with Crippen LogP contribution in [0.5, 0.6) is 5.75 Å². The molecule has 1 aliphatic heterocycles. The molecule has 0 spiro atoms. The molecule has 1 aliphatic rings. The zero-order valence-corrected chi connectivity index (χ0v) is 22.2. The van der Waals surface area contributed by atoms with Crippen molar-refractivity contribution in [1.82, 2.24) is 15.4 Å². The molecule has 1 fully saturated rings. The Labute approximate surface area is 228 Å². The number of carbonyl (C=O) groups excluding carboxylic acids is 1. The van der Waals surface area contributed by atoms with Crippen LogP contribution in [0.1, 0.15) is 22.5 Å². The van der Waals surface area contributed by atoms with Crippen molar-refractivity contribution < 1.29 is 27.2 Å². The van der Waals surface area contributed by atoms with Crippen LogP contribution in [-0.4, -0.2) is 68.0 Å². The normalized spacial score (nSPS) is 14.5. The van der Waals surface area contributed by atoms with E-state index < -0.39 is 12.8 Å². The van der Waals surface area contributed by atoms with Gasteiger partial charge in [0.2, 0.25) is 0 Å². The van der Waals surface area contributed by atoms with Crippen molar-refractivity contribution in [2.24, 2.45) is 0 Å². The highest BCUT2D eigenvalue weighted by Gasteiger charge is 2.29. The first-order valence-electron chi connectivity index (χ1n) is 12.1. The van der Waals surface area contributed by atoms with Gasteiger partial charge >= 0.3 is 6.18 Å². The molecular formula is C26H27Cl2F3N4O3. The summed E-state index contributed by atoms with van der Waals surface area (Å²) < 4.78 is 48.1. The smallest absolute Gasteiger partial charge is 0.422 e. The summed E-state index contributed by atoms with van der Waals surface area (Å²) in [6.45, 7) is 4.31. The van der Waals surface area contributed by atoms with Gasteiger partial charge in [0.25, 0.3) is 5.91 Å². The number of carbonyl (C=O) groups is 1. The molecule has 1 N–H and O–H groups in total. The summed E-state index contributed by atoms with van der Waals surface area (Å²) in [6.07, 6.45) is -3.68. The number of halogens is 5. The predicted molar refractivity (Wildman–Crippen MR) is 140 cm³/mol. The lowest BCUT2D eigenvalue weighted by Crippen LogP contribution is -2.47. The minimum Gasteiger partial charge on any atom is -0.482 e. The number of nitrogens with zero attached hydrogens (tertiary/aromatic N) is 3. The number of hydrogen-bond acceptors (Lipinski definition) is 6. The first-order chi connectivity index (χ1) is 18.1. The minimum absolute atomic E-state index is 0.225. The summed E-state index contributed by atoms with van der Waals surface area (Å²) in [7, 11) is 0. The largest absolute Gasteiger partial charge is 0.482 e. The molecule has 0 unspecified atom stereocenters. The zero-order chi connectivity index (χ0) is 27.3. The van der Waals surface area contributed by atoms with Crippen molar-refractivity contribution in [3.8, 4) is 17.0 Å². The molecule has 0 saturated carbocycles. The van der Waals surface area contributed by atoms with Crippen molar-refractivity contribution in [2.75, 3.05) is 50.8 Å². The van der Waals surface area contributed by atoms with E-state index in [0.717, 1.165) is 19.6 Å². The molecule has 0 radical (unpaired) electrons. The Bertz CT molecular complexity index is 1240. The van der Waals surface area contributed by atoms with Crippen molar-refractivity contribution >= 4 is 34.8 Å². The van der Waals surface area contributed by atoms with E-state index in [1.54, 1.807) is 49.4 Å². The fourth-order valence-corrected chi connectivity index (χ4v) is 4.92. The molecule has 2 aromatic carbocycles. The van der Waals surface area contributed by atoms with Crippen molar-refractivity contribution in [3.05, 3.63) is 63.8 Å². The molecule has 0 atom stereocenters. The molecular weight excluding hydrogens is 544 g/mol. The number of piperazine rings is 1. The van der Waals surface area contributed by atoms with Crippen LogP contribution in [-0.2, 0) is 0 Å². The van der Waals surface area contributed by atoms with Gasteiger partial charge in [-0.2, -0.15) is 13.2 Å². The highest BCUT2D eigenvalue weighted by atomic mass is 35.5. The Kier molecular flexibility index (Phi) is 9.07. The van der Waals surface area contributed by atoms with Gasteiger partial charge in [-0.1, -0.05) is 46.6 Å². The maximum Gasteiger partial charge on any atom is 0.422 e. The summed E-state index contributed by atoms with van der Waals surface area (Å²) in [5, 5.41) is 7.66. The SMILES string of the molecule is Cc1onc(-c2c(Cl)cccc2Cl)c1C(=O)NCCCN1CCN(c2ccccc2OCC(F)(F)F)CC1. The third-order valence-corrected chi connectivity index (χ3v) is 6.83. The van der Waals surface area contributed by atoms with Gasteiger partial charge in [0.05, 0.1) is 15.7 Å². The van der Waals surface area contributed by atoms with Gasteiger partial charge in [0, 0.05) is 38.3 Å². The number of anilines is 1. The lowest BCUT2D eigenvalue weighted by molar-refractivity contribution is -0.153. The van der Waals surface area contributed by atoms with Gasteiger partial charge in [-0.3, -0.25) is 9.69 Å². The zero-order valence-electron chi connectivity index (χ0n) is 20.7. The Morgan fingerprint density at radius 3 is 2.45 bits per heavy atom. The lowest BCUT2D eigenvalue weighted by atomic mass is 10.1. The number of nitrogens with one attached hydrogen (secondary N) is 1. The average molecular weight is 571 g/mol. The van der Waals surface area contributed by atoms with Crippen LogP contribution in [0.2, 0.25) is 10.0 Å². The van der Waals surface area contributed by atoms with E-state index in [1.807, 2.05) is 4.90 Å². The number of rotatable bonds is 9. The predicted octanol–water partition coefficient (Wildman–Crippen LogP) is 5.84. The third-order valence-electron chi connectivity index (χ3n) is 6.20. The fourth-order valence-electron chi connectivity index (χ4n) is 4.34. The molecule has 38 heavy (non-hydrogen) atoms. The van der Waals surface area contributed by atoms with Crippen LogP contribution in [0.3, 0.4) is 0 Å². The highest BCUT2D eigenvalue weighted by molar-refractivity contribution is 6.39. The lowest BCUT2D eigenvalue weighted by Gasteiger charge is -2.36. The van der Waals surface area contributed by atoms with Gasteiger partial charge in [-0.05, 0) is 44.2 Å².